The van der Waals surface area contributed by atoms with Gasteiger partial charge in [-0.1, -0.05) is 64.7 Å². The van der Waals surface area contributed by atoms with Crippen molar-refractivity contribution in [2.75, 3.05) is 17.6 Å². The van der Waals surface area contributed by atoms with Gasteiger partial charge in [-0.3, -0.25) is 4.79 Å². The zero-order valence-electron chi connectivity index (χ0n) is 16.5. The fraction of sp³-hybridized carbons (Fsp3) is 0.619. The number of hydrogen-bond donors (Lipinski definition) is 4. The number of aromatic amines is 1. The third kappa shape index (κ3) is 6.86. The summed E-state index contributed by atoms with van der Waals surface area (Å²) in [6, 6.07) is 3.54. The molecule has 5 N–H and O–H groups in total. The first-order valence-electron chi connectivity index (χ1n) is 10.3. The van der Waals surface area contributed by atoms with Gasteiger partial charge < -0.3 is 21.1 Å². The van der Waals surface area contributed by atoms with Crippen molar-refractivity contribution in [2.45, 2.75) is 77.7 Å². The quantitative estimate of drug-likeness (QED) is 0.308. The first-order valence-corrected chi connectivity index (χ1v) is 10.3. The van der Waals surface area contributed by atoms with Crippen LogP contribution in [0, 0.1) is 0 Å². The van der Waals surface area contributed by atoms with E-state index in [0.717, 1.165) is 18.7 Å². The van der Waals surface area contributed by atoms with Crippen molar-refractivity contribution >= 4 is 22.4 Å². The molecule has 6 heteroatoms. The molecule has 0 amide bonds. The van der Waals surface area contributed by atoms with Gasteiger partial charge in [0.15, 0.2) is 0 Å². The third-order valence-corrected chi connectivity index (χ3v) is 4.93. The van der Waals surface area contributed by atoms with Gasteiger partial charge in [-0.2, -0.15) is 0 Å². The van der Waals surface area contributed by atoms with E-state index >= 15 is 0 Å². The summed E-state index contributed by atoms with van der Waals surface area (Å²) < 4.78 is 0. The van der Waals surface area contributed by atoms with E-state index in [0.29, 0.717) is 16.7 Å². The zero-order chi connectivity index (χ0) is 19.5. The molecule has 0 radical (unpaired) electrons. The summed E-state index contributed by atoms with van der Waals surface area (Å²) in [7, 11) is 0. The standard InChI is InChI=1S/C21H34N4O2/c1-2-3-4-5-6-7-8-9-10-11-12-23-17-14-19-18(13-16(17)22)25-21(27)20(15-26)24-19/h13-14,23,26H,2-12,15,22H2,1H3,(H,25,27). The smallest absolute Gasteiger partial charge is 0.272 e. The van der Waals surface area contributed by atoms with Crippen LogP contribution in [0.4, 0.5) is 11.4 Å². The number of fused-ring (bicyclic) bond motifs is 1. The van der Waals surface area contributed by atoms with E-state index in [1.165, 1.54) is 57.8 Å². The van der Waals surface area contributed by atoms with Crippen molar-refractivity contribution in [3.05, 3.63) is 28.2 Å². The van der Waals surface area contributed by atoms with Crippen molar-refractivity contribution in [1.29, 1.82) is 0 Å². The molecule has 0 aliphatic carbocycles. The van der Waals surface area contributed by atoms with Crippen LogP contribution in [0.15, 0.2) is 16.9 Å². The van der Waals surface area contributed by atoms with E-state index in [1.54, 1.807) is 6.07 Å². The van der Waals surface area contributed by atoms with Gasteiger partial charge in [-0.25, -0.2) is 4.98 Å². The van der Waals surface area contributed by atoms with E-state index in [9.17, 15) is 9.90 Å². The molecule has 0 aliphatic heterocycles. The fourth-order valence-corrected chi connectivity index (χ4v) is 3.28. The Morgan fingerprint density at radius 2 is 1.67 bits per heavy atom. The molecule has 2 aromatic rings. The molecule has 0 fully saturated rings. The minimum atomic E-state index is -0.379. The molecule has 1 heterocycles. The Bertz CT molecular complexity index is 758. The van der Waals surface area contributed by atoms with Gasteiger partial charge in [0.1, 0.15) is 5.69 Å². The topological polar surface area (TPSA) is 104 Å². The third-order valence-electron chi connectivity index (χ3n) is 4.93. The maximum atomic E-state index is 11.7. The zero-order valence-corrected chi connectivity index (χ0v) is 16.5. The molecule has 0 unspecified atom stereocenters. The normalized spacial score (nSPS) is 11.2. The summed E-state index contributed by atoms with van der Waals surface area (Å²) in [4.78, 5) is 18.6. The van der Waals surface area contributed by atoms with Crippen LogP contribution in [0.2, 0.25) is 0 Å². The lowest BCUT2D eigenvalue weighted by Crippen LogP contribution is -2.15. The van der Waals surface area contributed by atoms with E-state index < -0.39 is 0 Å². The summed E-state index contributed by atoms with van der Waals surface area (Å²) in [5.41, 5.74) is 8.43. The van der Waals surface area contributed by atoms with Gasteiger partial charge in [0.25, 0.3) is 5.56 Å². The van der Waals surface area contributed by atoms with Crippen molar-refractivity contribution in [3.8, 4) is 0 Å². The average Bonchev–Trinajstić information content (AvgIpc) is 2.66. The van der Waals surface area contributed by atoms with Crippen LogP contribution < -0.4 is 16.6 Å². The molecule has 0 saturated carbocycles. The average molecular weight is 375 g/mol. The van der Waals surface area contributed by atoms with E-state index in [4.69, 9.17) is 5.73 Å². The Morgan fingerprint density at radius 1 is 1.04 bits per heavy atom. The van der Waals surface area contributed by atoms with Crippen LogP contribution in [0.1, 0.15) is 76.8 Å². The van der Waals surface area contributed by atoms with Crippen molar-refractivity contribution in [1.82, 2.24) is 9.97 Å². The molecular weight excluding hydrogens is 340 g/mol. The van der Waals surface area contributed by atoms with Gasteiger partial charge in [0, 0.05) is 6.54 Å². The first-order chi connectivity index (χ1) is 13.2. The summed E-state index contributed by atoms with van der Waals surface area (Å²) in [5.74, 6) is 0. The lowest BCUT2D eigenvalue weighted by atomic mass is 10.1. The van der Waals surface area contributed by atoms with E-state index in [2.05, 4.69) is 22.2 Å². The summed E-state index contributed by atoms with van der Waals surface area (Å²) in [6.07, 6.45) is 13.1. The highest BCUT2D eigenvalue weighted by atomic mass is 16.3. The maximum absolute atomic E-state index is 11.7. The summed E-state index contributed by atoms with van der Waals surface area (Å²) in [5, 5.41) is 12.6. The van der Waals surface area contributed by atoms with Crippen molar-refractivity contribution in [2.24, 2.45) is 0 Å². The SMILES string of the molecule is CCCCCCCCCCCCNc1cc2nc(CO)c(=O)[nH]c2cc1N. The number of nitrogens with one attached hydrogen (secondary N) is 2. The fourth-order valence-electron chi connectivity index (χ4n) is 3.28. The van der Waals surface area contributed by atoms with E-state index in [-0.39, 0.29) is 17.9 Å². The molecule has 1 aromatic heterocycles. The molecule has 0 aliphatic rings. The van der Waals surface area contributed by atoms with Crippen LogP contribution in [0.3, 0.4) is 0 Å². The Balaban J connectivity index is 1.71. The highest BCUT2D eigenvalue weighted by molar-refractivity contribution is 5.86. The second-order valence-electron chi connectivity index (χ2n) is 7.24. The number of unbranched alkanes of at least 4 members (excludes halogenated alkanes) is 9. The predicted molar refractivity (Wildman–Crippen MR) is 113 cm³/mol. The Hall–Kier alpha value is -2.08. The van der Waals surface area contributed by atoms with Gasteiger partial charge in [0.2, 0.25) is 0 Å². The minimum Gasteiger partial charge on any atom is -0.397 e. The summed E-state index contributed by atoms with van der Waals surface area (Å²) in [6.45, 7) is 2.74. The second kappa shape index (κ2) is 11.6. The molecule has 150 valence electrons. The number of hydrogen-bond acceptors (Lipinski definition) is 5. The highest BCUT2D eigenvalue weighted by Gasteiger charge is 2.07. The maximum Gasteiger partial charge on any atom is 0.272 e. The van der Waals surface area contributed by atoms with Crippen LogP contribution in [-0.4, -0.2) is 21.6 Å². The number of nitrogens with two attached hydrogens (primary N) is 1. The monoisotopic (exact) mass is 374 g/mol. The Morgan fingerprint density at radius 3 is 2.30 bits per heavy atom. The lowest BCUT2D eigenvalue weighted by Gasteiger charge is -2.11. The highest BCUT2D eigenvalue weighted by Crippen LogP contribution is 2.23. The number of rotatable bonds is 13. The number of aliphatic hydroxyl groups is 1. The Kier molecular flexibility index (Phi) is 9.11. The van der Waals surface area contributed by atoms with Crippen molar-refractivity contribution in [3.63, 3.8) is 0 Å². The number of H-pyrrole nitrogens is 1. The predicted octanol–water partition coefficient (Wildman–Crippen LogP) is 4.33. The lowest BCUT2D eigenvalue weighted by molar-refractivity contribution is 0.275. The molecule has 1 aromatic carbocycles. The van der Waals surface area contributed by atoms with Crippen molar-refractivity contribution < 1.29 is 5.11 Å². The number of anilines is 2. The number of benzene rings is 1. The molecule has 0 atom stereocenters. The van der Waals surface area contributed by atoms with Gasteiger partial charge in [-0.15, -0.1) is 0 Å². The van der Waals surface area contributed by atoms with Gasteiger partial charge in [-0.05, 0) is 18.6 Å². The number of nitrogens with zero attached hydrogens (tertiary/aromatic N) is 1. The molecular formula is C21H34N4O2. The molecule has 0 spiro atoms. The van der Waals surface area contributed by atoms with Crippen LogP contribution in [-0.2, 0) is 6.61 Å². The van der Waals surface area contributed by atoms with Gasteiger partial charge >= 0.3 is 0 Å². The molecule has 27 heavy (non-hydrogen) atoms. The second-order valence-corrected chi connectivity index (χ2v) is 7.24. The summed E-state index contributed by atoms with van der Waals surface area (Å²) >= 11 is 0. The Labute approximate surface area is 161 Å². The van der Waals surface area contributed by atoms with Crippen LogP contribution in [0.5, 0.6) is 0 Å². The van der Waals surface area contributed by atoms with Gasteiger partial charge in [0.05, 0.1) is 29.0 Å². The molecule has 0 bridgehead atoms. The first kappa shape index (κ1) is 21.2. The molecule has 2 rings (SSSR count). The largest absolute Gasteiger partial charge is 0.397 e. The number of aliphatic hydroxyl groups excluding tert-OH is 1. The number of aromatic nitrogens is 2. The van der Waals surface area contributed by atoms with E-state index in [1.807, 2.05) is 6.07 Å². The minimum absolute atomic E-state index is 0.118. The van der Waals surface area contributed by atoms with Crippen LogP contribution >= 0.6 is 0 Å². The number of nitrogen functional groups attached to an aromatic ring is 1. The van der Waals surface area contributed by atoms with Crippen LogP contribution in [0.25, 0.3) is 11.0 Å². The molecule has 0 saturated heterocycles. The molecule has 6 nitrogen and oxygen atoms in total.